The van der Waals surface area contributed by atoms with Crippen LogP contribution in [0.3, 0.4) is 0 Å². The van der Waals surface area contributed by atoms with Crippen molar-refractivity contribution in [2.24, 2.45) is 0 Å². The number of carboxylic acid groups (broad SMARTS) is 1. The fourth-order valence-electron chi connectivity index (χ4n) is 1.99. The van der Waals surface area contributed by atoms with Crippen LogP contribution in [0.15, 0.2) is 24.4 Å². The van der Waals surface area contributed by atoms with Crippen LogP contribution in [0.5, 0.6) is 0 Å². The molecule has 0 bridgehead atoms. The van der Waals surface area contributed by atoms with Crippen LogP contribution in [0.2, 0.25) is 0 Å². The maximum Gasteiger partial charge on any atom is 0.328 e. The number of hydrogen-bond acceptors (Lipinski definition) is 5. The summed E-state index contributed by atoms with van der Waals surface area (Å²) in [5.74, 6) is -0.898. The predicted octanol–water partition coefficient (Wildman–Crippen LogP) is 1.10. The summed E-state index contributed by atoms with van der Waals surface area (Å²) in [6.45, 7) is 0.862. The van der Waals surface area contributed by atoms with E-state index in [1.54, 1.807) is 6.07 Å². The largest absolute Gasteiger partial charge is 0.478 e. The zero-order valence-electron chi connectivity index (χ0n) is 11.2. The molecule has 0 unspecified atom stereocenters. The van der Waals surface area contributed by atoms with Crippen LogP contribution in [0.4, 0.5) is 5.82 Å². The zero-order valence-corrected chi connectivity index (χ0v) is 12.0. The summed E-state index contributed by atoms with van der Waals surface area (Å²) in [4.78, 5) is 14.4. The molecule has 0 radical (unpaired) electrons. The molecule has 1 aromatic heterocycles. The first-order valence-corrected chi connectivity index (χ1v) is 7.98. The summed E-state index contributed by atoms with van der Waals surface area (Å²) in [5, 5.41) is 8.08. The lowest BCUT2D eigenvalue weighted by atomic mass is 10.2. The standard InChI is InChI=1S/C13H16N2O5S/c16-13(17)2-1-10-3-6-14-12(9-10)15-21(18,19)11-4-7-20-8-5-11/h1-3,6,9,11H,4-5,7-8H2,(H,14,15)(H,16,17)/b2-1+. The number of aliphatic carboxylic acids is 1. The van der Waals surface area contributed by atoms with E-state index in [1.165, 1.54) is 18.3 Å². The molecule has 21 heavy (non-hydrogen) atoms. The molecular formula is C13H16N2O5S. The number of carbonyl (C=O) groups is 1. The summed E-state index contributed by atoms with van der Waals surface area (Å²) in [6.07, 6.45) is 4.67. The number of nitrogens with zero attached hydrogens (tertiary/aromatic N) is 1. The Kier molecular flexibility index (Phi) is 4.92. The van der Waals surface area contributed by atoms with Crippen molar-refractivity contribution in [3.05, 3.63) is 30.0 Å². The van der Waals surface area contributed by atoms with Gasteiger partial charge >= 0.3 is 5.97 Å². The Balaban J connectivity index is 2.11. The third-order valence-corrected chi connectivity index (χ3v) is 4.90. The highest BCUT2D eigenvalue weighted by Gasteiger charge is 2.27. The first-order valence-electron chi connectivity index (χ1n) is 6.44. The van der Waals surface area contributed by atoms with E-state index in [2.05, 4.69) is 9.71 Å². The Morgan fingerprint density at radius 1 is 1.43 bits per heavy atom. The van der Waals surface area contributed by atoms with Crippen LogP contribution in [0.25, 0.3) is 6.08 Å². The molecule has 0 amide bonds. The van der Waals surface area contributed by atoms with Crippen molar-refractivity contribution in [2.45, 2.75) is 18.1 Å². The Bertz CT molecular complexity index is 636. The molecule has 1 aliphatic rings. The van der Waals surface area contributed by atoms with Crippen molar-refractivity contribution in [1.29, 1.82) is 0 Å². The van der Waals surface area contributed by atoms with Gasteiger partial charge in [-0.2, -0.15) is 0 Å². The van der Waals surface area contributed by atoms with Gasteiger partial charge in [-0.25, -0.2) is 18.2 Å². The van der Waals surface area contributed by atoms with Gasteiger partial charge in [0.05, 0.1) is 5.25 Å². The number of carboxylic acids is 1. The maximum atomic E-state index is 12.2. The Morgan fingerprint density at radius 2 is 2.14 bits per heavy atom. The van der Waals surface area contributed by atoms with Crippen LogP contribution in [-0.2, 0) is 19.6 Å². The Labute approximate surface area is 122 Å². The number of hydrogen-bond donors (Lipinski definition) is 2. The quantitative estimate of drug-likeness (QED) is 0.789. The summed E-state index contributed by atoms with van der Waals surface area (Å²) in [6, 6.07) is 3.07. The maximum absolute atomic E-state index is 12.2. The Morgan fingerprint density at radius 3 is 2.81 bits per heavy atom. The van der Waals surface area contributed by atoms with Crippen molar-refractivity contribution in [2.75, 3.05) is 17.9 Å². The topological polar surface area (TPSA) is 106 Å². The molecule has 8 heteroatoms. The first kappa shape index (κ1) is 15.5. The second-order valence-electron chi connectivity index (χ2n) is 4.60. The number of rotatable bonds is 5. The van der Waals surface area contributed by atoms with E-state index in [-0.39, 0.29) is 5.82 Å². The van der Waals surface area contributed by atoms with E-state index < -0.39 is 21.2 Å². The number of ether oxygens (including phenoxy) is 1. The summed E-state index contributed by atoms with van der Waals surface area (Å²) in [5.41, 5.74) is 0.553. The normalized spacial score (nSPS) is 17.0. The van der Waals surface area contributed by atoms with E-state index in [9.17, 15) is 13.2 Å². The minimum atomic E-state index is -3.52. The van der Waals surface area contributed by atoms with Gasteiger partial charge in [0.15, 0.2) is 0 Å². The summed E-state index contributed by atoms with van der Waals surface area (Å²) >= 11 is 0. The highest BCUT2D eigenvalue weighted by molar-refractivity contribution is 7.93. The lowest BCUT2D eigenvalue weighted by Gasteiger charge is -2.22. The van der Waals surface area contributed by atoms with Crippen molar-refractivity contribution >= 4 is 27.9 Å². The van der Waals surface area contributed by atoms with E-state index in [0.29, 0.717) is 31.6 Å². The molecule has 1 saturated heterocycles. The van der Waals surface area contributed by atoms with Gasteiger partial charge in [0.2, 0.25) is 10.0 Å². The van der Waals surface area contributed by atoms with E-state index in [1.807, 2.05) is 0 Å². The summed E-state index contributed by atoms with van der Waals surface area (Å²) < 4.78 is 32.0. The molecular weight excluding hydrogens is 296 g/mol. The molecule has 7 nitrogen and oxygen atoms in total. The molecule has 0 aromatic carbocycles. The van der Waals surface area contributed by atoms with Gasteiger partial charge in [0.1, 0.15) is 5.82 Å². The molecule has 2 N–H and O–H groups in total. The minimum Gasteiger partial charge on any atom is -0.478 e. The van der Waals surface area contributed by atoms with Crippen LogP contribution in [0, 0.1) is 0 Å². The van der Waals surface area contributed by atoms with Crippen LogP contribution < -0.4 is 4.72 Å². The molecule has 114 valence electrons. The smallest absolute Gasteiger partial charge is 0.328 e. The fraction of sp³-hybridized carbons (Fsp3) is 0.385. The van der Waals surface area contributed by atoms with Crippen LogP contribution >= 0.6 is 0 Å². The summed E-state index contributed by atoms with van der Waals surface area (Å²) in [7, 11) is -3.52. The highest BCUT2D eigenvalue weighted by atomic mass is 32.2. The molecule has 0 atom stereocenters. The van der Waals surface area contributed by atoms with Gasteiger partial charge in [-0.15, -0.1) is 0 Å². The van der Waals surface area contributed by atoms with Crippen molar-refractivity contribution in [3.63, 3.8) is 0 Å². The minimum absolute atomic E-state index is 0.175. The molecule has 0 saturated carbocycles. The number of pyridine rings is 1. The average molecular weight is 312 g/mol. The average Bonchev–Trinajstić information content (AvgIpc) is 2.46. The molecule has 2 heterocycles. The second-order valence-corrected chi connectivity index (χ2v) is 6.57. The molecule has 0 spiro atoms. The van der Waals surface area contributed by atoms with Gasteiger partial charge in [0, 0.05) is 25.5 Å². The number of anilines is 1. The Hall–Kier alpha value is -1.93. The van der Waals surface area contributed by atoms with Crippen molar-refractivity contribution < 1.29 is 23.1 Å². The lowest BCUT2D eigenvalue weighted by Crippen LogP contribution is -2.33. The second kappa shape index (κ2) is 6.68. The first-order chi connectivity index (χ1) is 9.97. The van der Waals surface area contributed by atoms with Gasteiger partial charge < -0.3 is 9.84 Å². The number of sulfonamides is 1. The molecule has 1 aromatic rings. The fourth-order valence-corrected chi connectivity index (χ4v) is 3.37. The van der Waals surface area contributed by atoms with Crippen LogP contribution in [-0.4, -0.2) is 42.9 Å². The third-order valence-electron chi connectivity index (χ3n) is 3.06. The zero-order chi connectivity index (χ0) is 15.3. The molecule has 1 aliphatic heterocycles. The van der Waals surface area contributed by atoms with Crippen molar-refractivity contribution in [3.8, 4) is 0 Å². The van der Waals surface area contributed by atoms with Gasteiger partial charge in [0.25, 0.3) is 0 Å². The molecule has 0 aliphatic carbocycles. The van der Waals surface area contributed by atoms with Gasteiger partial charge in [-0.1, -0.05) is 0 Å². The third kappa shape index (κ3) is 4.54. The predicted molar refractivity (Wildman–Crippen MR) is 77.3 cm³/mol. The number of aromatic nitrogens is 1. The SMILES string of the molecule is O=C(O)/C=C/c1ccnc(NS(=O)(=O)C2CCOCC2)c1. The van der Waals surface area contributed by atoms with Gasteiger partial charge in [-0.05, 0) is 36.6 Å². The number of nitrogens with one attached hydrogen (secondary N) is 1. The van der Waals surface area contributed by atoms with Crippen molar-refractivity contribution in [1.82, 2.24) is 4.98 Å². The van der Waals surface area contributed by atoms with E-state index >= 15 is 0 Å². The molecule has 1 fully saturated rings. The monoisotopic (exact) mass is 312 g/mol. The molecule has 2 rings (SSSR count). The lowest BCUT2D eigenvalue weighted by molar-refractivity contribution is -0.131. The highest BCUT2D eigenvalue weighted by Crippen LogP contribution is 2.19. The van der Waals surface area contributed by atoms with E-state index in [0.717, 1.165) is 6.08 Å². The van der Waals surface area contributed by atoms with Crippen LogP contribution in [0.1, 0.15) is 18.4 Å². The van der Waals surface area contributed by atoms with E-state index in [4.69, 9.17) is 9.84 Å². The van der Waals surface area contributed by atoms with Gasteiger partial charge in [-0.3, -0.25) is 4.72 Å².